The van der Waals surface area contributed by atoms with E-state index >= 15 is 0 Å². The molecule has 0 radical (unpaired) electrons. The minimum atomic E-state index is 0.263. The molecular formula is C16H23N3O2. The van der Waals surface area contributed by atoms with E-state index < -0.39 is 0 Å². The second-order valence-electron chi connectivity index (χ2n) is 6.07. The molecule has 1 saturated heterocycles. The highest BCUT2D eigenvalue weighted by Crippen LogP contribution is 2.26. The summed E-state index contributed by atoms with van der Waals surface area (Å²) in [6, 6.07) is 4.25. The van der Waals surface area contributed by atoms with Crippen LogP contribution in [0.2, 0.25) is 0 Å². The van der Waals surface area contributed by atoms with E-state index in [4.69, 9.17) is 4.74 Å². The van der Waals surface area contributed by atoms with Crippen molar-refractivity contribution in [3.63, 3.8) is 0 Å². The van der Waals surface area contributed by atoms with Gasteiger partial charge in [-0.2, -0.15) is 0 Å². The number of aromatic nitrogens is 1. The Morgan fingerprint density at radius 2 is 2.29 bits per heavy atom. The zero-order valence-electron chi connectivity index (χ0n) is 12.5. The summed E-state index contributed by atoms with van der Waals surface area (Å²) < 4.78 is 5.07. The van der Waals surface area contributed by atoms with E-state index in [-0.39, 0.29) is 11.8 Å². The molecule has 2 heterocycles. The molecule has 1 aromatic rings. The Morgan fingerprint density at radius 1 is 1.43 bits per heavy atom. The zero-order valence-corrected chi connectivity index (χ0v) is 12.5. The van der Waals surface area contributed by atoms with Crippen molar-refractivity contribution in [2.24, 2.45) is 5.92 Å². The number of amides is 1. The van der Waals surface area contributed by atoms with Crippen molar-refractivity contribution < 1.29 is 9.53 Å². The third-order valence-corrected chi connectivity index (χ3v) is 4.51. The molecule has 1 atom stereocenters. The Labute approximate surface area is 125 Å². The van der Waals surface area contributed by atoms with E-state index in [1.807, 2.05) is 18.3 Å². The molecule has 5 nitrogen and oxygen atoms in total. The molecule has 1 N–H and O–H groups in total. The van der Waals surface area contributed by atoms with Gasteiger partial charge in [-0.1, -0.05) is 12.5 Å². The van der Waals surface area contributed by atoms with Crippen LogP contribution in [0.1, 0.15) is 31.2 Å². The maximum Gasteiger partial charge on any atom is 0.223 e. The van der Waals surface area contributed by atoms with Crippen molar-refractivity contribution in [3.8, 4) is 5.88 Å². The first kappa shape index (κ1) is 14.3. The molecule has 1 aliphatic carbocycles. The number of likely N-dealkylation sites (tertiary alicyclic amines) is 1. The van der Waals surface area contributed by atoms with E-state index in [2.05, 4.69) is 15.2 Å². The highest BCUT2D eigenvalue weighted by molar-refractivity contribution is 5.79. The number of nitrogens with zero attached hydrogens (tertiary/aromatic N) is 2. The van der Waals surface area contributed by atoms with Gasteiger partial charge in [0.15, 0.2) is 0 Å². The lowest BCUT2D eigenvalue weighted by Crippen LogP contribution is -2.42. The van der Waals surface area contributed by atoms with Crippen molar-refractivity contribution in [3.05, 3.63) is 23.9 Å². The van der Waals surface area contributed by atoms with Gasteiger partial charge in [0, 0.05) is 43.9 Å². The van der Waals surface area contributed by atoms with Crippen LogP contribution in [0.3, 0.4) is 0 Å². The average molecular weight is 289 g/mol. The monoisotopic (exact) mass is 289 g/mol. The lowest BCUT2D eigenvalue weighted by atomic mass is 9.84. The van der Waals surface area contributed by atoms with E-state index in [9.17, 15) is 4.79 Å². The molecule has 0 unspecified atom stereocenters. The van der Waals surface area contributed by atoms with Crippen molar-refractivity contribution in [1.29, 1.82) is 0 Å². The van der Waals surface area contributed by atoms with E-state index in [1.54, 1.807) is 7.11 Å². The summed E-state index contributed by atoms with van der Waals surface area (Å²) in [6.07, 6.45) is 6.25. The first-order chi connectivity index (χ1) is 10.2. The van der Waals surface area contributed by atoms with Crippen LogP contribution in [0.4, 0.5) is 0 Å². The van der Waals surface area contributed by atoms with E-state index in [0.29, 0.717) is 11.9 Å². The lowest BCUT2D eigenvalue weighted by Gasteiger charge is -2.26. The summed E-state index contributed by atoms with van der Waals surface area (Å²) in [6.45, 7) is 2.85. The maximum atomic E-state index is 12.0. The highest BCUT2D eigenvalue weighted by Gasteiger charge is 2.29. The standard InChI is InChI=1S/C16H23N3O2/c1-21-15-6-5-12(9-17-15)10-19-8-7-14(11-19)18-16(20)13-3-2-4-13/h5-6,9,13-14H,2-4,7-8,10-11H2,1H3,(H,18,20)/t14-/m1/s1. The number of nitrogens with one attached hydrogen (secondary N) is 1. The van der Waals surface area contributed by atoms with Crippen LogP contribution in [-0.4, -0.2) is 42.0 Å². The molecular weight excluding hydrogens is 266 g/mol. The van der Waals surface area contributed by atoms with Gasteiger partial charge in [0.1, 0.15) is 0 Å². The number of pyridine rings is 1. The topological polar surface area (TPSA) is 54.5 Å². The van der Waals surface area contributed by atoms with Crippen LogP contribution in [0.15, 0.2) is 18.3 Å². The molecule has 21 heavy (non-hydrogen) atoms. The van der Waals surface area contributed by atoms with Gasteiger partial charge >= 0.3 is 0 Å². The van der Waals surface area contributed by atoms with Crippen molar-refractivity contribution in [1.82, 2.24) is 15.2 Å². The predicted octanol–water partition coefficient (Wildman–Crippen LogP) is 1.58. The molecule has 3 rings (SSSR count). The third-order valence-electron chi connectivity index (χ3n) is 4.51. The molecule has 2 aliphatic rings. The molecule has 1 aromatic heterocycles. The van der Waals surface area contributed by atoms with Gasteiger partial charge in [-0.15, -0.1) is 0 Å². The number of hydrogen-bond donors (Lipinski definition) is 1. The fourth-order valence-electron chi connectivity index (χ4n) is 2.97. The molecule has 1 saturated carbocycles. The van der Waals surface area contributed by atoms with E-state index in [1.165, 1.54) is 12.0 Å². The molecule has 0 bridgehead atoms. The predicted molar refractivity (Wildman–Crippen MR) is 80.0 cm³/mol. The fraction of sp³-hybridized carbons (Fsp3) is 0.625. The van der Waals surface area contributed by atoms with E-state index in [0.717, 1.165) is 38.9 Å². The number of ether oxygens (including phenoxy) is 1. The minimum Gasteiger partial charge on any atom is -0.481 e. The Hall–Kier alpha value is -1.62. The van der Waals surface area contributed by atoms with Gasteiger partial charge in [0.2, 0.25) is 11.8 Å². The summed E-state index contributed by atoms with van der Waals surface area (Å²) >= 11 is 0. The van der Waals surface area contributed by atoms with Crippen LogP contribution in [-0.2, 0) is 11.3 Å². The van der Waals surface area contributed by atoms with Crippen molar-refractivity contribution in [2.45, 2.75) is 38.3 Å². The van der Waals surface area contributed by atoms with Crippen molar-refractivity contribution >= 4 is 5.91 Å². The lowest BCUT2D eigenvalue weighted by molar-refractivity contribution is -0.128. The second kappa shape index (κ2) is 6.43. The highest BCUT2D eigenvalue weighted by atomic mass is 16.5. The zero-order chi connectivity index (χ0) is 14.7. The number of rotatable bonds is 5. The number of hydrogen-bond acceptors (Lipinski definition) is 4. The number of carbonyl (C=O) groups is 1. The molecule has 2 fully saturated rings. The van der Waals surface area contributed by atoms with Crippen molar-refractivity contribution in [2.75, 3.05) is 20.2 Å². The smallest absolute Gasteiger partial charge is 0.223 e. The van der Waals surface area contributed by atoms with Crippen LogP contribution in [0.5, 0.6) is 5.88 Å². The maximum absolute atomic E-state index is 12.0. The van der Waals surface area contributed by atoms with Gasteiger partial charge in [0.25, 0.3) is 0 Å². The molecule has 114 valence electrons. The Balaban J connectivity index is 1.46. The van der Waals surface area contributed by atoms with Gasteiger partial charge < -0.3 is 10.1 Å². The van der Waals surface area contributed by atoms with Gasteiger partial charge in [0.05, 0.1) is 7.11 Å². The summed E-state index contributed by atoms with van der Waals surface area (Å²) in [5.41, 5.74) is 1.18. The normalized spacial score (nSPS) is 22.8. The molecule has 0 spiro atoms. The summed E-state index contributed by atoms with van der Waals surface area (Å²) in [5.74, 6) is 1.19. The second-order valence-corrected chi connectivity index (χ2v) is 6.07. The Morgan fingerprint density at radius 3 is 2.90 bits per heavy atom. The van der Waals surface area contributed by atoms with Crippen LogP contribution in [0, 0.1) is 5.92 Å². The summed E-state index contributed by atoms with van der Waals surface area (Å²) in [7, 11) is 1.62. The average Bonchev–Trinajstić information content (AvgIpc) is 2.84. The Bertz CT molecular complexity index is 485. The summed E-state index contributed by atoms with van der Waals surface area (Å²) in [5, 5.41) is 3.20. The quantitative estimate of drug-likeness (QED) is 0.894. The minimum absolute atomic E-state index is 0.263. The first-order valence-corrected chi connectivity index (χ1v) is 7.76. The molecule has 1 aliphatic heterocycles. The van der Waals surface area contributed by atoms with Gasteiger partial charge in [-0.25, -0.2) is 4.98 Å². The first-order valence-electron chi connectivity index (χ1n) is 7.76. The number of methoxy groups -OCH3 is 1. The summed E-state index contributed by atoms with van der Waals surface area (Å²) in [4.78, 5) is 18.6. The molecule has 0 aromatic carbocycles. The van der Waals surface area contributed by atoms with Crippen LogP contribution >= 0.6 is 0 Å². The van der Waals surface area contributed by atoms with Gasteiger partial charge in [-0.3, -0.25) is 9.69 Å². The molecule has 5 heteroatoms. The third kappa shape index (κ3) is 3.53. The SMILES string of the molecule is COc1ccc(CN2CC[C@@H](NC(=O)C3CCC3)C2)cn1. The number of carbonyl (C=O) groups excluding carboxylic acids is 1. The van der Waals surface area contributed by atoms with Crippen LogP contribution < -0.4 is 10.1 Å². The van der Waals surface area contributed by atoms with Gasteiger partial charge in [-0.05, 0) is 24.8 Å². The fourth-order valence-corrected chi connectivity index (χ4v) is 2.97. The van der Waals surface area contributed by atoms with Crippen LogP contribution in [0.25, 0.3) is 0 Å². The molecule has 1 amide bonds. The Kier molecular flexibility index (Phi) is 4.39. The largest absolute Gasteiger partial charge is 0.481 e.